The zero-order valence-corrected chi connectivity index (χ0v) is 13.5. The quantitative estimate of drug-likeness (QED) is 0.899. The number of hydrogen-bond acceptors (Lipinski definition) is 4. The Balaban J connectivity index is 1.59. The van der Waals surface area contributed by atoms with E-state index in [1.807, 2.05) is 0 Å². The van der Waals surface area contributed by atoms with Gasteiger partial charge >= 0.3 is 5.97 Å². The highest BCUT2D eigenvalue weighted by atomic mass is 19.1. The van der Waals surface area contributed by atoms with Gasteiger partial charge in [0, 0.05) is 13.1 Å². The third kappa shape index (κ3) is 4.17. The maximum atomic E-state index is 12.8. The molecule has 1 fully saturated rings. The van der Waals surface area contributed by atoms with Gasteiger partial charge in [0.15, 0.2) is 5.76 Å². The molecule has 0 unspecified atom stereocenters. The van der Waals surface area contributed by atoms with E-state index in [4.69, 9.17) is 14.3 Å². The Hall–Kier alpha value is -2.83. The van der Waals surface area contributed by atoms with Crippen LogP contribution in [0.2, 0.25) is 0 Å². The second-order valence-electron chi connectivity index (χ2n) is 5.94. The maximum Gasteiger partial charge on any atom is 0.308 e. The van der Waals surface area contributed by atoms with Crippen molar-refractivity contribution >= 4 is 11.9 Å². The molecule has 1 aromatic heterocycles. The number of furan rings is 1. The van der Waals surface area contributed by atoms with E-state index in [2.05, 4.69) is 0 Å². The predicted molar refractivity (Wildman–Crippen MR) is 85.7 cm³/mol. The van der Waals surface area contributed by atoms with Gasteiger partial charge in [-0.1, -0.05) is 0 Å². The van der Waals surface area contributed by atoms with Gasteiger partial charge in [-0.05, 0) is 49.2 Å². The number of halogens is 1. The highest BCUT2D eigenvalue weighted by molar-refractivity contribution is 5.92. The highest BCUT2D eigenvalue weighted by Gasteiger charge is 2.29. The lowest BCUT2D eigenvalue weighted by Crippen LogP contribution is -2.42. The highest BCUT2D eigenvalue weighted by Crippen LogP contribution is 2.20. The fraction of sp³-hybridized carbons (Fsp3) is 0.333. The van der Waals surface area contributed by atoms with Crippen LogP contribution in [-0.2, 0) is 11.4 Å². The van der Waals surface area contributed by atoms with Crippen molar-refractivity contribution in [2.24, 2.45) is 5.92 Å². The van der Waals surface area contributed by atoms with Crippen LogP contribution in [0.25, 0.3) is 0 Å². The van der Waals surface area contributed by atoms with Crippen molar-refractivity contribution in [1.29, 1.82) is 0 Å². The van der Waals surface area contributed by atoms with Crippen LogP contribution in [0.5, 0.6) is 5.75 Å². The minimum absolute atomic E-state index is 0.108. The Bertz CT molecular complexity index is 755. The molecule has 1 aromatic carbocycles. The molecule has 1 aliphatic rings. The number of carboxylic acid groups (broad SMARTS) is 1. The molecular formula is C18H18FNO5. The Morgan fingerprint density at radius 3 is 2.72 bits per heavy atom. The number of likely N-dealkylation sites (tertiary alicyclic amines) is 1. The van der Waals surface area contributed by atoms with Crippen molar-refractivity contribution in [2.45, 2.75) is 19.4 Å². The second-order valence-corrected chi connectivity index (χ2v) is 5.94. The summed E-state index contributed by atoms with van der Waals surface area (Å²) in [5.41, 5.74) is 0. The molecule has 1 atom stereocenters. The van der Waals surface area contributed by atoms with Crippen LogP contribution in [0.4, 0.5) is 4.39 Å². The molecule has 0 aliphatic carbocycles. The van der Waals surface area contributed by atoms with Crippen LogP contribution < -0.4 is 4.74 Å². The summed E-state index contributed by atoms with van der Waals surface area (Å²) in [6.07, 6.45) is 1.23. The molecule has 7 heteroatoms. The molecule has 0 saturated carbocycles. The molecule has 6 nitrogen and oxygen atoms in total. The van der Waals surface area contributed by atoms with Crippen LogP contribution in [0.3, 0.4) is 0 Å². The van der Waals surface area contributed by atoms with Gasteiger partial charge in [0.1, 0.15) is 23.9 Å². The maximum absolute atomic E-state index is 12.8. The van der Waals surface area contributed by atoms with Crippen molar-refractivity contribution < 1.29 is 28.2 Å². The minimum Gasteiger partial charge on any atom is -0.486 e. The lowest BCUT2D eigenvalue weighted by molar-refractivity contribution is -0.143. The molecule has 1 saturated heterocycles. The topological polar surface area (TPSA) is 80.0 Å². The fourth-order valence-electron chi connectivity index (χ4n) is 2.77. The summed E-state index contributed by atoms with van der Waals surface area (Å²) in [7, 11) is 0. The van der Waals surface area contributed by atoms with E-state index >= 15 is 0 Å². The first kappa shape index (κ1) is 17.0. The zero-order chi connectivity index (χ0) is 17.8. The van der Waals surface area contributed by atoms with Gasteiger partial charge in [-0.25, -0.2) is 4.39 Å². The van der Waals surface area contributed by atoms with Crippen molar-refractivity contribution in [1.82, 2.24) is 4.90 Å². The van der Waals surface area contributed by atoms with Gasteiger partial charge in [0.2, 0.25) is 0 Å². The molecule has 2 aromatic rings. The van der Waals surface area contributed by atoms with Crippen molar-refractivity contribution in [3.63, 3.8) is 0 Å². The second kappa shape index (κ2) is 7.38. The van der Waals surface area contributed by atoms with Crippen LogP contribution in [0.15, 0.2) is 40.8 Å². The fourth-order valence-corrected chi connectivity index (χ4v) is 2.77. The molecule has 25 heavy (non-hydrogen) atoms. The van der Waals surface area contributed by atoms with Crippen molar-refractivity contribution in [3.05, 3.63) is 53.7 Å². The van der Waals surface area contributed by atoms with Gasteiger partial charge in [-0.2, -0.15) is 0 Å². The number of carbonyl (C=O) groups excluding carboxylic acids is 1. The number of piperidine rings is 1. The van der Waals surface area contributed by atoms with Gasteiger partial charge in [-0.15, -0.1) is 0 Å². The van der Waals surface area contributed by atoms with Crippen LogP contribution in [-0.4, -0.2) is 35.0 Å². The summed E-state index contributed by atoms with van der Waals surface area (Å²) in [4.78, 5) is 25.1. The summed E-state index contributed by atoms with van der Waals surface area (Å²) in [6.45, 7) is 0.817. The monoisotopic (exact) mass is 347 g/mol. The zero-order valence-electron chi connectivity index (χ0n) is 13.5. The predicted octanol–water partition coefficient (Wildman–Crippen LogP) is 2.93. The minimum atomic E-state index is -0.884. The average molecular weight is 347 g/mol. The number of ether oxygens (including phenoxy) is 1. The smallest absolute Gasteiger partial charge is 0.308 e. The van der Waals surface area contributed by atoms with Crippen molar-refractivity contribution in [2.75, 3.05) is 13.1 Å². The van der Waals surface area contributed by atoms with Crippen LogP contribution >= 0.6 is 0 Å². The Morgan fingerprint density at radius 1 is 1.24 bits per heavy atom. The van der Waals surface area contributed by atoms with Gasteiger partial charge in [-0.3, -0.25) is 9.59 Å². The first-order chi connectivity index (χ1) is 12.0. The summed E-state index contributed by atoms with van der Waals surface area (Å²) in [6, 6.07) is 8.78. The normalized spacial score (nSPS) is 17.3. The number of carboxylic acids is 1. The first-order valence-corrected chi connectivity index (χ1v) is 8.02. The Kier molecular flexibility index (Phi) is 5.02. The largest absolute Gasteiger partial charge is 0.486 e. The number of rotatable bonds is 5. The summed E-state index contributed by atoms with van der Waals surface area (Å²) < 4.78 is 23.8. The summed E-state index contributed by atoms with van der Waals surface area (Å²) >= 11 is 0. The number of nitrogens with zero attached hydrogens (tertiary/aromatic N) is 1. The van der Waals surface area contributed by atoms with Crippen LogP contribution in [0, 0.1) is 11.7 Å². The summed E-state index contributed by atoms with van der Waals surface area (Å²) in [5, 5.41) is 9.11. The lowest BCUT2D eigenvalue weighted by atomic mass is 9.98. The molecule has 3 rings (SSSR count). The molecule has 2 heterocycles. The third-order valence-corrected chi connectivity index (χ3v) is 4.13. The average Bonchev–Trinajstić information content (AvgIpc) is 3.09. The molecule has 0 spiro atoms. The SMILES string of the molecule is O=C(O)[C@@H]1CCCN(C(=O)c2ccc(COc3ccc(F)cc3)o2)C1. The van der Waals surface area contributed by atoms with Gasteiger partial charge in [0.25, 0.3) is 5.91 Å². The van der Waals surface area contributed by atoms with E-state index in [9.17, 15) is 14.0 Å². The Morgan fingerprint density at radius 2 is 2.00 bits per heavy atom. The van der Waals surface area contributed by atoms with Crippen LogP contribution in [0.1, 0.15) is 29.2 Å². The molecular weight excluding hydrogens is 329 g/mol. The van der Waals surface area contributed by atoms with E-state index in [1.165, 1.54) is 29.2 Å². The number of hydrogen-bond donors (Lipinski definition) is 1. The summed E-state index contributed by atoms with van der Waals surface area (Å²) in [5.74, 6) is -0.980. The number of aliphatic carboxylic acids is 1. The third-order valence-electron chi connectivity index (χ3n) is 4.13. The number of amides is 1. The molecule has 0 bridgehead atoms. The van der Waals surface area contributed by atoms with E-state index < -0.39 is 11.9 Å². The molecule has 1 aliphatic heterocycles. The van der Waals surface area contributed by atoms with Crippen molar-refractivity contribution in [3.8, 4) is 5.75 Å². The van der Waals surface area contributed by atoms with E-state index in [-0.39, 0.29) is 30.6 Å². The standard InChI is InChI=1S/C18H18FNO5/c19-13-3-5-14(6-4-13)24-11-15-7-8-16(25-15)17(21)20-9-1-2-12(10-20)18(22)23/h3-8,12H,1-2,9-11H2,(H,22,23)/t12-/m1/s1. The lowest BCUT2D eigenvalue weighted by Gasteiger charge is -2.29. The number of carbonyl (C=O) groups is 2. The Labute approximate surface area is 143 Å². The van der Waals surface area contributed by atoms with E-state index in [0.717, 1.165) is 0 Å². The number of benzene rings is 1. The first-order valence-electron chi connectivity index (χ1n) is 8.02. The van der Waals surface area contributed by atoms with Gasteiger partial charge < -0.3 is 19.2 Å². The molecule has 132 valence electrons. The molecule has 1 amide bonds. The molecule has 0 radical (unpaired) electrons. The van der Waals surface area contributed by atoms with E-state index in [1.54, 1.807) is 12.1 Å². The van der Waals surface area contributed by atoms with Gasteiger partial charge in [0.05, 0.1) is 5.92 Å². The van der Waals surface area contributed by atoms with E-state index in [0.29, 0.717) is 30.9 Å². The molecule has 1 N–H and O–H groups in total.